The molecule has 1 N–H and O–H groups in total. The summed E-state index contributed by atoms with van der Waals surface area (Å²) in [6, 6.07) is 4.80. The number of carbonyl (C=O) groups is 1. The molecule has 1 amide bonds. The Balaban J connectivity index is 2.13. The smallest absolute Gasteiger partial charge is 0.273 e. The number of nitrogens with one attached hydrogen (secondary N) is 1. The second-order valence-electron chi connectivity index (χ2n) is 5.60. The number of nitro benzene ring substituents is 1. The van der Waals surface area contributed by atoms with E-state index in [2.05, 4.69) is 12.2 Å². The highest BCUT2D eigenvalue weighted by Gasteiger charge is 2.24. The summed E-state index contributed by atoms with van der Waals surface area (Å²) in [6.07, 6.45) is 4.45. The molecule has 1 aromatic carbocycles. The van der Waals surface area contributed by atoms with E-state index in [-0.39, 0.29) is 17.6 Å². The lowest BCUT2D eigenvalue weighted by Gasteiger charge is -2.29. The molecule has 20 heavy (non-hydrogen) atoms. The van der Waals surface area contributed by atoms with Crippen LogP contribution in [-0.4, -0.2) is 16.9 Å². The van der Waals surface area contributed by atoms with Crippen molar-refractivity contribution in [3.63, 3.8) is 0 Å². The van der Waals surface area contributed by atoms with Crippen LogP contribution in [0.2, 0.25) is 0 Å². The lowest BCUT2D eigenvalue weighted by Crippen LogP contribution is -2.41. The SMILES string of the molecule is Cc1ccc(C(=O)N[C@H]2CCCC[C@H]2C)cc1[N+](=O)[O-]. The van der Waals surface area contributed by atoms with Crippen molar-refractivity contribution in [2.75, 3.05) is 0 Å². The standard InChI is InChI=1S/C15H20N2O3/c1-10-5-3-4-6-13(10)16-15(18)12-8-7-11(2)14(9-12)17(19)20/h7-10,13H,3-6H2,1-2H3,(H,16,18)/t10-,13+/m1/s1. The van der Waals surface area contributed by atoms with Crippen LogP contribution in [0.4, 0.5) is 5.69 Å². The molecular formula is C15H20N2O3. The number of benzene rings is 1. The number of aryl methyl sites for hydroxylation is 1. The quantitative estimate of drug-likeness (QED) is 0.680. The molecular weight excluding hydrogens is 256 g/mol. The summed E-state index contributed by atoms with van der Waals surface area (Å²) < 4.78 is 0. The highest BCUT2D eigenvalue weighted by atomic mass is 16.6. The highest BCUT2D eigenvalue weighted by molar-refractivity contribution is 5.95. The summed E-state index contributed by atoms with van der Waals surface area (Å²) in [6.45, 7) is 3.81. The fourth-order valence-electron chi connectivity index (χ4n) is 2.73. The van der Waals surface area contributed by atoms with Crippen molar-refractivity contribution in [3.05, 3.63) is 39.4 Å². The third-order valence-corrected chi connectivity index (χ3v) is 4.10. The Hall–Kier alpha value is -1.91. The van der Waals surface area contributed by atoms with Gasteiger partial charge in [0.25, 0.3) is 11.6 Å². The molecule has 5 heteroatoms. The van der Waals surface area contributed by atoms with Gasteiger partial charge in [-0.3, -0.25) is 14.9 Å². The van der Waals surface area contributed by atoms with Crippen LogP contribution in [0.1, 0.15) is 48.5 Å². The van der Waals surface area contributed by atoms with Gasteiger partial charge >= 0.3 is 0 Å². The minimum atomic E-state index is -0.449. The van der Waals surface area contributed by atoms with Crippen molar-refractivity contribution in [1.29, 1.82) is 0 Å². The van der Waals surface area contributed by atoms with E-state index in [4.69, 9.17) is 0 Å². The first-order valence-corrected chi connectivity index (χ1v) is 7.05. The Morgan fingerprint density at radius 2 is 2.05 bits per heavy atom. The van der Waals surface area contributed by atoms with Crippen molar-refractivity contribution >= 4 is 11.6 Å². The molecule has 2 rings (SSSR count). The summed E-state index contributed by atoms with van der Waals surface area (Å²) in [5.74, 6) is 0.250. The maximum absolute atomic E-state index is 12.2. The second-order valence-corrected chi connectivity index (χ2v) is 5.60. The summed E-state index contributed by atoms with van der Waals surface area (Å²) in [7, 11) is 0. The Kier molecular flexibility index (Phi) is 4.37. The maximum Gasteiger partial charge on any atom is 0.273 e. The summed E-state index contributed by atoms with van der Waals surface area (Å²) >= 11 is 0. The molecule has 0 unspecified atom stereocenters. The molecule has 1 aliphatic rings. The van der Waals surface area contributed by atoms with E-state index in [1.807, 2.05) is 0 Å². The third kappa shape index (κ3) is 3.15. The van der Waals surface area contributed by atoms with E-state index in [9.17, 15) is 14.9 Å². The molecule has 1 aliphatic carbocycles. The third-order valence-electron chi connectivity index (χ3n) is 4.10. The summed E-state index contributed by atoms with van der Waals surface area (Å²) in [5, 5.41) is 13.9. The van der Waals surface area contributed by atoms with Gasteiger partial charge < -0.3 is 5.32 Å². The number of nitrogens with zero attached hydrogens (tertiary/aromatic N) is 1. The number of carbonyl (C=O) groups excluding carboxylic acids is 1. The van der Waals surface area contributed by atoms with E-state index < -0.39 is 4.92 Å². The first-order chi connectivity index (χ1) is 9.49. The molecule has 1 aromatic rings. The minimum Gasteiger partial charge on any atom is -0.349 e. The molecule has 1 fully saturated rings. The van der Waals surface area contributed by atoms with E-state index in [0.717, 1.165) is 19.3 Å². The topological polar surface area (TPSA) is 72.2 Å². The van der Waals surface area contributed by atoms with E-state index in [1.54, 1.807) is 19.1 Å². The van der Waals surface area contributed by atoms with Gasteiger partial charge in [-0.2, -0.15) is 0 Å². The van der Waals surface area contributed by atoms with Crippen molar-refractivity contribution in [2.45, 2.75) is 45.6 Å². The Bertz CT molecular complexity index is 528. The van der Waals surface area contributed by atoms with E-state index in [1.165, 1.54) is 12.5 Å². The Morgan fingerprint density at radius 1 is 1.35 bits per heavy atom. The summed E-state index contributed by atoms with van der Waals surface area (Å²) in [5.41, 5.74) is 0.923. The molecule has 108 valence electrons. The molecule has 0 radical (unpaired) electrons. The van der Waals surface area contributed by atoms with Gasteiger partial charge in [0.2, 0.25) is 0 Å². The predicted octanol–water partition coefficient (Wildman–Crippen LogP) is 3.21. The average Bonchev–Trinajstić information content (AvgIpc) is 2.41. The predicted molar refractivity (Wildman–Crippen MR) is 76.7 cm³/mol. The zero-order chi connectivity index (χ0) is 14.7. The zero-order valence-corrected chi connectivity index (χ0v) is 11.9. The van der Waals surface area contributed by atoms with Gasteiger partial charge in [-0.1, -0.05) is 25.8 Å². The van der Waals surface area contributed by atoms with Crippen LogP contribution in [0.25, 0.3) is 0 Å². The van der Waals surface area contributed by atoms with Crippen LogP contribution in [-0.2, 0) is 0 Å². The number of hydrogen-bond donors (Lipinski definition) is 1. The van der Waals surface area contributed by atoms with Gasteiger partial charge in [0.05, 0.1) is 4.92 Å². The highest BCUT2D eigenvalue weighted by Crippen LogP contribution is 2.24. The fraction of sp³-hybridized carbons (Fsp3) is 0.533. The van der Waals surface area contributed by atoms with Crippen molar-refractivity contribution in [2.24, 2.45) is 5.92 Å². The van der Waals surface area contributed by atoms with Crippen molar-refractivity contribution in [3.8, 4) is 0 Å². The van der Waals surface area contributed by atoms with Crippen LogP contribution >= 0.6 is 0 Å². The van der Waals surface area contributed by atoms with Crippen LogP contribution in [0.15, 0.2) is 18.2 Å². The molecule has 0 bridgehead atoms. The number of nitro groups is 1. The molecule has 0 aromatic heterocycles. The number of amides is 1. The Morgan fingerprint density at radius 3 is 2.70 bits per heavy atom. The van der Waals surface area contributed by atoms with Crippen LogP contribution in [0.3, 0.4) is 0 Å². The maximum atomic E-state index is 12.2. The van der Waals surface area contributed by atoms with Gasteiger partial charge in [0.15, 0.2) is 0 Å². The van der Waals surface area contributed by atoms with Crippen LogP contribution < -0.4 is 5.32 Å². The molecule has 0 spiro atoms. The minimum absolute atomic E-state index is 0.00524. The van der Waals surface area contributed by atoms with Gasteiger partial charge in [-0.05, 0) is 31.7 Å². The van der Waals surface area contributed by atoms with Crippen LogP contribution in [0.5, 0.6) is 0 Å². The van der Waals surface area contributed by atoms with Gasteiger partial charge in [-0.25, -0.2) is 0 Å². The van der Waals surface area contributed by atoms with Gasteiger partial charge in [0.1, 0.15) is 0 Å². The fourth-order valence-corrected chi connectivity index (χ4v) is 2.73. The molecule has 1 saturated carbocycles. The second kappa shape index (κ2) is 6.03. The zero-order valence-electron chi connectivity index (χ0n) is 11.9. The summed E-state index contributed by atoms with van der Waals surface area (Å²) in [4.78, 5) is 22.7. The largest absolute Gasteiger partial charge is 0.349 e. The number of hydrogen-bond acceptors (Lipinski definition) is 3. The molecule has 2 atom stereocenters. The first-order valence-electron chi connectivity index (χ1n) is 7.05. The monoisotopic (exact) mass is 276 g/mol. The first kappa shape index (κ1) is 14.5. The Labute approximate surface area is 118 Å². The molecule has 0 aliphatic heterocycles. The van der Waals surface area contributed by atoms with Crippen LogP contribution in [0, 0.1) is 23.0 Å². The molecule has 0 saturated heterocycles. The lowest BCUT2D eigenvalue weighted by atomic mass is 9.86. The van der Waals surface area contributed by atoms with Crippen molar-refractivity contribution < 1.29 is 9.72 Å². The van der Waals surface area contributed by atoms with Gasteiger partial charge in [-0.15, -0.1) is 0 Å². The van der Waals surface area contributed by atoms with Gasteiger partial charge in [0, 0.05) is 23.2 Å². The number of rotatable bonds is 3. The lowest BCUT2D eigenvalue weighted by molar-refractivity contribution is -0.385. The van der Waals surface area contributed by atoms with Crippen molar-refractivity contribution in [1.82, 2.24) is 5.32 Å². The van der Waals surface area contributed by atoms with E-state index >= 15 is 0 Å². The molecule has 5 nitrogen and oxygen atoms in total. The normalized spacial score (nSPS) is 22.3. The van der Waals surface area contributed by atoms with E-state index in [0.29, 0.717) is 17.0 Å². The molecule has 0 heterocycles. The average molecular weight is 276 g/mol.